The summed E-state index contributed by atoms with van der Waals surface area (Å²) in [5.41, 5.74) is 0. The fraction of sp³-hybridized carbons (Fsp3) is 0.714. The maximum absolute atomic E-state index is 10.4. The van der Waals surface area contributed by atoms with Gasteiger partial charge in [0.1, 0.15) is 5.78 Å². The van der Waals surface area contributed by atoms with Crippen molar-refractivity contribution in [2.75, 3.05) is 20.1 Å². The minimum atomic E-state index is 0.0417. The Morgan fingerprint density at radius 2 is 2.00 bits per heavy atom. The van der Waals surface area contributed by atoms with E-state index in [2.05, 4.69) is 5.32 Å². The van der Waals surface area contributed by atoms with Crippen molar-refractivity contribution in [3.05, 3.63) is 0 Å². The number of Topliss-reactive ketones (excluding diaryl/α,β-unsaturated/α-hetero) is 1. The first kappa shape index (κ1) is 9.94. The smallest absolute Gasteiger partial charge is 0.317 e. The molecule has 11 heavy (non-hydrogen) atoms. The van der Waals surface area contributed by atoms with Crippen molar-refractivity contribution in [3.8, 4) is 0 Å². The second kappa shape index (κ2) is 4.71. The summed E-state index contributed by atoms with van der Waals surface area (Å²) < 4.78 is 0. The van der Waals surface area contributed by atoms with E-state index in [0.29, 0.717) is 0 Å². The van der Waals surface area contributed by atoms with E-state index in [9.17, 15) is 9.59 Å². The van der Waals surface area contributed by atoms with E-state index in [1.54, 1.807) is 11.9 Å². The van der Waals surface area contributed by atoms with Gasteiger partial charge in [-0.05, 0) is 13.8 Å². The maximum Gasteiger partial charge on any atom is 0.317 e. The molecule has 0 bridgehead atoms. The molecule has 4 heteroatoms. The lowest BCUT2D eigenvalue weighted by Crippen LogP contribution is -2.23. The van der Waals surface area contributed by atoms with E-state index in [4.69, 9.17) is 0 Å². The number of amides is 2. The molecule has 1 N–H and O–H groups in total. The fourth-order valence-corrected chi connectivity index (χ4v) is 0.567. The van der Waals surface area contributed by atoms with Crippen LogP contribution < -0.4 is 5.32 Å². The number of carbonyl (C=O) groups is 2. The molecular formula is C7H14N2O2. The van der Waals surface area contributed by atoms with Gasteiger partial charge in [-0.3, -0.25) is 0 Å². The minimum Gasteiger partial charge on any atom is -0.336 e. The van der Waals surface area contributed by atoms with Crippen LogP contribution in [0.15, 0.2) is 0 Å². The Morgan fingerprint density at radius 3 is 2.09 bits per heavy atom. The van der Waals surface area contributed by atoms with E-state index in [1.165, 1.54) is 13.8 Å². The molecule has 1 heterocycles. The SMILES string of the molecule is CC(C)=O.CN1CCNC1=O. The molecular weight excluding hydrogens is 144 g/mol. The Balaban J connectivity index is 0.000000218. The molecule has 0 saturated carbocycles. The highest BCUT2D eigenvalue weighted by molar-refractivity contribution is 5.75. The predicted molar refractivity (Wildman–Crippen MR) is 42.4 cm³/mol. The predicted octanol–water partition coefficient (Wildman–Crippen LogP) is 0.237. The van der Waals surface area contributed by atoms with Gasteiger partial charge in [-0.15, -0.1) is 0 Å². The molecule has 0 unspecified atom stereocenters. The molecule has 4 nitrogen and oxygen atoms in total. The van der Waals surface area contributed by atoms with E-state index < -0.39 is 0 Å². The van der Waals surface area contributed by atoms with Crippen LogP contribution in [0.4, 0.5) is 4.79 Å². The third-order valence-electron chi connectivity index (χ3n) is 1.07. The number of hydrogen-bond donors (Lipinski definition) is 1. The van der Waals surface area contributed by atoms with Crippen molar-refractivity contribution in [2.24, 2.45) is 0 Å². The molecule has 1 saturated heterocycles. The Labute approximate surface area is 66.6 Å². The zero-order valence-electron chi connectivity index (χ0n) is 7.18. The molecule has 0 atom stereocenters. The molecule has 0 aromatic rings. The van der Waals surface area contributed by atoms with Crippen LogP contribution in [0.25, 0.3) is 0 Å². The average Bonchev–Trinajstić information content (AvgIpc) is 2.15. The van der Waals surface area contributed by atoms with Crippen molar-refractivity contribution in [3.63, 3.8) is 0 Å². The van der Waals surface area contributed by atoms with Gasteiger partial charge in [-0.2, -0.15) is 0 Å². The number of ketones is 1. The van der Waals surface area contributed by atoms with Gasteiger partial charge in [-0.25, -0.2) is 4.79 Å². The first-order chi connectivity index (χ1) is 5.04. The summed E-state index contributed by atoms with van der Waals surface area (Å²) in [6.45, 7) is 4.70. The van der Waals surface area contributed by atoms with E-state index in [1.807, 2.05) is 0 Å². The first-order valence-corrected chi connectivity index (χ1v) is 3.50. The molecule has 0 spiro atoms. The van der Waals surface area contributed by atoms with Gasteiger partial charge in [-0.1, -0.05) is 0 Å². The molecule has 2 amide bonds. The normalized spacial score (nSPS) is 15.2. The van der Waals surface area contributed by atoms with Gasteiger partial charge in [0, 0.05) is 20.1 Å². The van der Waals surface area contributed by atoms with Crippen LogP contribution in [0, 0.1) is 0 Å². The highest BCUT2D eigenvalue weighted by atomic mass is 16.2. The molecule has 1 aliphatic heterocycles. The summed E-state index contributed by atoms with van der Waals surface area (Å²) in [5, 5.41) is 2.66. The quantitative estimate of drug-likeness (QED) is 0.549. The van der Waals surface area contributed by atoms with Gasteiger partial charge in [0.2, 0.25) is 0 Å². The Hall–Kier alpha value is -1.06. The Morgan fingerprint density at radius 1 is 1.55 bits per heavy atom. The van der Waals surface area contributed by atoms with Crippen LogP contribution in [0.2, 0.25) is 0 Å². The van der Waals surface area contributed by atoms with Gasteiger partial charge in [0.25, 0.3) is 0 Å². The number of hydrogen-bond acceptors (Lipinski definition) is 2. The van der Waals surface area contributed by atoms with Gasteiger partial charge < -0.3 is 15.0 Å². The fourth-order valence-electron chi connectivity index (χ4n) is 0.567. The molecule has 0 aromatic heterocycles. The molecule has 0 aliphatic carbocycles. The standard InChI is InChI=1S/C4H8N2O.C3H6O/c1-6-3-2-5-4(6)7;1-3(2)4/h2-3H2,1H3,(H,5,7);1-2H3. The molecule has 1 rings (SSSR count). The number of nitrogens with one attached hydrogen (secondary N) is 1. The Kier molecular flexibility index (Phi) is 4.26. The zero-order chi connectivity index (χ0) is 8.85. The summed E-state index contributed by atoms with van der Waals surface area (Å²) in [7, 11) is 1.78. The van der Waals surface area contributed by atoms with Crippen molar-refractivity contribution < 1.29 is 9.59 Å². The Bertz CT molecular complexity index is 153. The second-order valence-corrected chi connectivity index (χ2v) is 2.56. The number of nitrogens with zero attached hydrogens (tertiary/aromatic N) is 1. The van der Waals surface area contributed by atoms with Crippen LogP contribution in [-0.4, -0.2) is 36.9 Å². The molecule has 64 valence electrons. The first-order valence-electron chi connectivity index (χ1n) is 3.50. The largest absolute Gasteiger partial charge is 0.336 e. The second-order valence-electron chi connectivity index (χ2n) is 2.56. The van der Waals surface area contributed by atoms with Crippen LogP contribution >= 0.6 is 0 Å². The summed E-state index contributed by atoms with van der Waals surface area (Å²) in [4.78, 5) is 21.5. The number of carbonyl (C=O) groups excluding carboxylic acids is 2. The minimum absolute atomic E-state index is 0.0417. The van der Waals surface area contributed by atoms with Crippen LogP contribution in [-0.2, 0) is 4.79 Å². The summed E-state index contributed by atoms with van der Waals surface area (Å²) >= 11 is 0. The zero-order valence-corrected chi connectivity index (χ0v) is 7.18. The topological polar surface area (TPSA) is 49.4 Å². The van der Waals surface area contributed by atoms with Crippen LogP contribution in [0.1, 0.15) is 13.8 Å². The average molecular weight is 158 g/mol. The van der Waals surface area contributed by atoms with Crippen LogP contribution in [0.5, 0.6) is 0 Å². The summed E-state index contributed by atoms with van der Waals surface area (Å²) in [5.74, 6) is 0.167. The van der Waals surface area contributed by atoms with Crippen molar-refractivity contribution >= 4 is 11.8 Å². The van der Waals surface area contributed by atoms with E-state index in [0.717, 1.165) is 13.1 Å². The van der Waals surface area contributed by atoms with Crippen molar-refractivity contribution in [1.29, 1.82) is 0 Å². The van der Waals surface area contributed by atoms with Crippen LogP contribution in [0.3, 0.4) is 0 Å². The number of likely N-dealkylation sites (N-methyl/N-ethyl adjacent to an activating group) is 1. The van der Waals surface area contributed by atoms with Gasteiger partial charge in [0.05, 0.1) is 0 Å². The highest BCUT2D eigenvalue weighted by Gasteiger charge is 2.12. The number of urea groups is 1. The molecule has 0 radical (unpaired) electrons. The maximum atomic E-state index is 10.4. The monoisotopic (exact) mass is 158 g/mol. The van der Waals surface area contributed by atoms with E-state index in [-0.39, 0.29) is 11.8 Å². The molecule has 0 aromatic carbocycles. The number of rotatable bonds is 0. The lowest BCUT2D eigenvalue weighted by atomic mass is 10.6. The highest BCUT2D eigenvalue weighted by Crippen LogP contribution is 1.88. The third-order valence-corrected chi connectivity index (χ3v) is 1.07. The third kappa shape index (κ3) is 5.39. The lowest BCUT2D eigenvalue weighted by Gasteiger charge is -2.01. The van der Waals surface area contributed by atoms with E-state index >= 15 is 0 Å². The van der Waals surface area contributed by atoms with Crippen molar-refractivity contribution in [1.82, 2.24) is 10.2 Å². The lowest BCUT2D eigenvalue weighted by molar-refractivity contribution is -0.114. The molecule has 1 fully saturated rings. The van der Waals surface area contributed by atoms with Gasteiger partial charge >= 0.3 is 6.03 Å². The van der Waals surface area contributed by atoms with Crippen molar-refractivity contribution in [2.45, 2.75) is 13.8 Å². The summed E-state index contributed by atoms with van der Waals surface area (Å²) in [6, 6.07) is 0.0417. The molecule has 1 aliphatic rings. The van der Waals surface area contributed by atoms with Gasteiger partial charge in [0.15, 0.2) is 0 Å². The summed E-state index contributed by atoms with van der Waals surface area (Å²) in [6.07, 6.45) is 0.